The number of halogens is 4. The van der Waals surface area contributed by atoms with Crippen LogP contribution in [0.5, 0.6) is 5.75 Å². The summed E-state index contributed by atoms with van der Waals surface area (Å²) in [6, 6.07) is 15.4. The first kappa shape index (κ1) is 23.9. The van der Waals surface area contributed by atoms with Crippen LogP contribution in [-0.4, -0.2) is 25.5 Å². The Morgan fingerprint density at radius 1 is 0.909 bits per heavy atom. The predicted molar refractivity (Wildman–Crippen MR) is 121 cm³/mol. The van der Waals surface area contributed by atoms with E-state index in [0.717, 1.165) is 12.1 Å². The van der Waals surface area contributed by atoms with Crippen LogP contribution in [0, 0.1) is 0 Å². The van der Waals surface area contributed by atoms with Crippen LogP contribution in [0.25, 0.3) is 0 Å². The number of nitrogens with one attached hydrogen (secondary N) is 3. The quantitative estimate of drug-likeness (QED) is 0.409. The maximum atomic E-state index is 12.9. The third-order valence-corrected chi connectivity index (χ3v) is 4.76. The molecule has 0 aliphatic carbocycles. The highest BCUT2D eigenvalue weighted by atomic mass is 35.5. The molecule has 0 radical (unpaired) electrons. The lowest BCUT2D eigenvalue weighted by atomic mass is 10.1. The summed E-state index contributed by atoms with van der Waals surface area (Å²) in [5, 5.41) is 8.39. The van der Waals surface area contributed by atoms with Crippen LogP contribution < -0.4 is 20.7 Å². The average Bonchev–Trinajstić information content (AvgIpc) is 2.77. The molecule has 0 spiro atoms. The van der Waals surface area contributed by atoms with E-state index < -0.39 is 17.6 Å². The van der Waals surface area contributed by atoms with Gasteiger partial charge < -0.3 is 20.7 Å². The summed E-state index contributed by atoms with van der Waals surface area (Å²) < 4.78 is 43.6. The molecular formula is C23H19ClF3N3O3. The minimum atomic E-state index is -4.52. The molecule has 0 unspecified atom stereocenters. The smallest absolute Gasteiger partial charge is 0.416 e. The summed E-state index contributed by atoms with van der Waals surface area (Å²) in [6.07, 6.45) is -4.52. The molecule has 3 aromatic rings. The highest BCUT2D eigenvalue weighted by molar-refractivity contribution is 6.32. The Labute approximate surface area is 192 Å². The first-order valence-corrected chi connectivity index (χ1v) is 9.99. The van der Waals surface area contributed by atoms with E-state index in [1.54, 1.807) is 30.3 Å². The second kappa shape index (κ2) is 10.3. The summed E-state index contributed by atoms with van der Waals surface area (Å²) in [5.41, 5.74) is 0.273. The van der Waals surface area contributed by atoms with Crippen LogP contribution in [0.15, 0.2) is 66.7 Å². The van der Waals surface area contributed by atoms with Gasteiger partial charge in [-0.1, -0.05) is 23.7 Å². The van der Waals surface area contributed by atoms with Gasteiger partial charge in [0.1, 0.15) is 5.75 Å². The minimum Gasteiger partial charge on any atom is -0.495 e. The third kappa shape index (κ3) is 6.63. The summed E-state index contributed by atoms with van der Waals surface area (Å²) >= 11 is 6.05. The van der Waals surface area contributed by atoms with E-state index in [9.17, 15) is 22.8 Å². The normalized spacial score (nSPS) is 10.9. The number of hydrogen-bond acceptors (Lipinski definition) is 4. The number of rotatable bonds is 7. The maximum Gasteiger partial charge on any atom is 0.416 e. The molecule has 0 heterocycles. The van der Waals surface area contributed by atoms with Gasteiger partial charge in [-0.3, -0.25) is 9.59 Å². The highest BCUT2D eigenvalue weighted by Crippen LogP contribution is 2.31. The van der Waals surface area contributed by atoms with Crippen molar-refractivity contribution in [3.05, 3.63) is 82.9 Å². The lowest BCUT2D eigenvalue weighted by Gasteiger charge is -2.11. The fourth-order valence-corrected chi connectivity index (χ4v) is 3.14. The summed E-state index contributed by atoms with van der Waals surface area (Å²) in [4.78, 5) is 24.7. The number of alkyl halides is 3. The zero-order chi connectivity index (χ0) is 24.0. The van der Waals surface area contributed by atoms with E-state index >= 15 is 0 Å². The SMILES string of the molecule is COc1ccc(NCC(=O)Nc2cccc(C(=O)Nc3cccc(C(F)(F)F)c3)c2)cc1Cl. The van der Waals surface area contributed by atoms with Gasteiger partial charge >= 0.3 is 6.18 Å². The summed E-state index contributed by atoms with van der Waals surface area (Å²) in [7, 11) is 1.50. The molecule has 2 amide bonds. The largest absolute Gasteiger partial charge is 0.495 e. The van der Waals surface area contributed by atoms with E-state index in [1.165, 1.54) is 31.4 Å². The monoisotopic (exact) mass is 477 g/mol. The lowest BCUT2D eigenvalue weighted by Crippen LogP contribution is -2.22. The van der Waals surface area contributed by atoms with Gasteiger partial charge in [0.15, 0.2) is 0 Å². The van der Waals surface area contributed by atoms with Gasteiger partial charge in [-0.25, -0.2) is 0 Å². The van der Waals surface area contributed by atoms with Crippen molar-refractivity contribution in [3.8, 4) is 5.75 Å². The van der Waals surface area contributed by atoms with E-state index in [0.29, 0.717) is 22.1 Å². The Hall–Kier alpha value is -3.72. The van der Waals surface area contributed by atoms with Gasteiger partial charge in [0, 0.05) is 22.6 Å². The standard InChI is InChI=1S/C23H19ClF3N3O3/c1-33-20-9-8-16(12-19(20)24)28-13-21(31)29-17-6-2-4-14(10-17)22(32)30-18-7-3-5-15(11-18)23(25,26)27/h2-12,28H,13H2,1H3,(H,29,31)(H,30,32). The molecule has 6 nitrogen and oxygen atoms in total. The Balaban J connectivity index is 1.60. The fourth-order valence-electron chi connectivity index (χ4n) is 2.88. The molecule has 0 aliphatic heterocycles. The van der Waals surface area contributed by atoms with Crippen molar-refractivity contribution < 1.29 is 27.5 Å². The second-order valence-corrected chi connectivity index (χ2v) is 7.27. The molecule has 0 saturated heterocycles. The van der Waals surface area contributed by atoms with Crippen molar-refractivity contribution in [1.29, 1.82) is 0 Å². The zero-order valence-electron chi connectivity index (χ0n) is 17.3. The summed E-state index contributed by atoms with van der Waals surface area (Å²) in [6.45, 7) is -0.0662. The predicted octanol–water partition coefficient (Wildman–Crippen LogP) is 5.67. The number of carbonyl (C=O) groups excluding carboxylic acids is 2. The van der Waals surface area contributed by atoms with Crippen LogP contribution in [0.4, 0.5) is 30.2 Å². The van der Waals surface area contributed by atoms with Crippen LogP contribution in [-0.2, 0) is 11.0 Å². The van der Waals surface area contributed by atoms with Crippen LogP contribution >= 0.6 is 11.6 Å². The Morgan fingerprint density at radius 2 is 1.61 bits per heavy atom. The highest BCUT2D eigenvalue weighted by Gasteiger charge is 2.30. The van der Waals surface area contributed by atoms with E-state index in [2.05, 4.69) is 16.0 Å². The molecule has 0 aliphatic rings. The molecule has 0 bridgehead atoms. The number of carbonyl (C=O) groups is 2. The van der Waals surface area contributed by atoms with Gasteiger partial charge in [0.05, 0.1) is 24.2 Å². The zero-order valence-corrected chi connectivity index (χ0v) is 18.1. The first-order chi connectivity index (χ1) is 15.7. The Morgan fingerprint density at radius 3 is 2.27 bits per heavy atom. The fraction of sp³-hybridized carbons (Fsp3) is 0.130. The molecule has 0 fully saturated rings. The van der Waals surface area contributed by atoms with Crippen molar-refractivity contribution in [2.45, 2.75) is 6.18 Å². The second-order valence-electron chi connectivity index (χ2n) is 6.86. The molecule has 3 N–H and O–H groups in total. The Kier molecular flexibility index (Phi) is 7.44. The number of anilines is 3. The minimum absolute atomic E-state index is 0.00613. The van der Waals surface area contributed by atoms with Crippen molar-refractivity contribution in [2.75, 3.05) is 29.6 Å². The molecule has 0 atom stereocenters. The van der Waals surface area contributed by atoms with Crippen molar-refractivity contribution in [3.63, 3.8) is 0 Å². The third-order valence-electron chi connectivity index (χ3n) is 4.46. The van der Waals surface area contributed by atoms with Crippen LogP contribution in [0.1, 0.15) is 15.9 Å². The number of amides is 2. The molecule has 3 rings (SSSR count). The maximum absolute atomic E-state index is 12.9. The first-order valence-electron chi connectivity index (χ1n) is 9.61. The van der Waals surface area contributed by atoms with Gasteiger partial charge in [0.2, 0.25) is 5.91 Å². The van der Waals surface area contributed by atoms with E-state index in [4.69, 9.17) is 16.3 Å². The van der Waals surface area contributed by atoms with Crippen molar-refractivity contribution >= 4 is 40.5 Å². The van der Waals surface area contributed by atoms with Gasteiger partial charge in [0.25, 0.3) is 5.91 Å². The molecule has 10 heteroatoms. The molecular weight excluding hydrogens is 459 g/mol. The molecule has 0 saturated carbocycles. The molecule has 0 aromatic heterocycles. The van der Waals surface area contributed by atoms with Gasteiger partial charge in [-0.2, -0.15) is 13.2 Å². The molecule has 33 heavy (non-hydrogen) atoms. The van der Waals surface area contributed by atoms with Crippen molar-refractivity contribution in [1.82, 2.24) is 0 Å². The number of methoxy groups -OCH3 is 1. The van der Waals surface area contributed by atoms with E-state index in [1.807, 2.05) is 0 Å². The van der Waals surface area contributed by atoms with E-state index in [-0.39, 0.29) is 23.7 Å². The lowest BCUT2D eigenvalue weighted by molar-refractivity contribution is -0.137. The number of hydrogen-bond donors (Lipinski definition) is 3. The Bertz CT molecular complexity index is 1170. The topological polar surface area (TPSA) is 79.5 Å². The molecule has 3 aromatic carbocycles. The molecule has 172 valence electrons. The van der Waals surface area contributed by atoms with Gasteiger partial charge in [-0.15, -0.1) is 0 Å². The number of benzene rings is 3. The van der Waals surface area contributed by atoms with Gasteiger partial charge in [-0.05, 0) is 54.6 Å². The average molecular weight is 478 g/mol. The van der Waals surface area contributed by atoms with Crippen LogP contribution in [0.3, 0.4) is 0 Å². The van der Waals surface area contributed by atoms with Crippen molar-refractivity contribution in [2.24, 2.45) is 0 Å². The van der Waals surface area contributed by atoms with Crippen LogP contribution in [0.2, 0.25) is 5.02 Å². The number of ether oxygens (including phenoxy) is 1. The summed E-state index contributed by atoms with van der Waals surface area (Å²) in [5.74, 6) is -0.485.